The van der Waals surface area contributed by atoms with Crippen LogP contribution >= 0.6 is 0 Å². The lowest BCUT2D eigenvalue weighted by Crippen LogP contribution is -2.39. The maximum atomic E-state index is 11.9. The van der Waals surface area contributed by atoms with Crippen LogP contribution in [0, 0.1) is 0 Å². The Balaban J connectivity index is 1.55. The molecule has 0 radical (unpaired) electrons. The molecule has 0 bridgehead atoms. The molecule has 2 aromatic rings. The third-order valence-corrected chi connectivity index (χ3v) is 4.33. The molecule has 3 N–H and O–H groups in total. The molecule has 2 aromatic carbocycles. The average molecular weight is 366 g/mol. The van der Waals surface area contributed by atoms with Gasteiger partial charge in [-0.15, -0.1) is 0 Å². The number of aliphatic imine (C=N–C) groups is 1. The first-order chi connectivity index (χ1) is 13.3. The summed E-state index contributed by atoms with van der Waals surface area (Å²) in [7, 11) is 0. The molecule has 0 spiro atoms. The SMILES string of the molecule is CCNC(=NCC1CC(=O)Nc2ccccc21)NCCOc1ccccc1. The Morgan fingerprint density at radius 2 is 1.93 bits per heavy atom. The molecule has 6 nitrogen and oxygen atoms in total. The highest BCUT2D eigenvalue weighted by atomic mass is 16.5. The molecule has 1 aliphatic heterocycles. The van der Waals surface area contributed by atoms with E-state index in [0.29, 0.717) is 26.1 Å². The third kappa shape index (κ3) is 5.48. The van der Waals surface area contributed by atoms with Gasteiger partial charge in [0.2, 0.25) is 5.91 Å². The van der Waals surface area contributed by atoms with Gasteiger partial charge in [0.05, 0.1) is 13.1 Å². The summed E-state index contributed by atoms with van der Waals surface area (Å²) in [5.74, 6) is 1.72. The van der Waals surface area contributed by atoms with Gasteiger partial charge < -0.3 is 20.7 Å². The minimum Gasteiger partial charge on any atom is -0.492 e. The Kier molecular flexibility index (Phi) is 6.68. The van der Waals surface area contributed by atoms with Crippen molar-refractivity contribution < 1.29 is 9.53 Å². The van der Waals surface area contributed by atoms with E-state index < -0.39 is 0 Å². The van der Waals surface area contributed by atoms with Crippen molar-refractivity contribution in [2.45, 2.75) is 19.3 Å². The van der Waals surface area contributed by atoms with Crippen molar-refractivity contribution in [3.8, 4) is 5.75 Å². The molecular weight excluding hydrogens is 340 g/mol. The second-order valence-electron chi connectivity index (χ2n) is 6.34. The zero-order valence-electron chi connectivity index (χ0n) is 15.6. The highest BCUT2D eigenvalue weighted by Gasteiger charge is 2.24. The van der Waals surface area contributed by atoms with Crippen molar-refractivity contribution >= 4 is 17.6 Å². The maximum Gasteiger partial charge on any atom is 0.225 e. The van der Waals surface area contributed by atoms with Crippen molar-refractivity contribution in [3.05, 3.63) is 60.2 Å². The maximum absolute atomic E-state index is 11.9. The topological polar surface area (TPSA) is 74.8 Å². The van der Waals surface area contributed by atoms with E-state index in [0.717, 1.165) is 29.5 Å². The molecule has 0 saturated carbocycles. The van der Waals surface area contributed by atoms with Gasteiger partial charge in [-0.2, -0.15) is 0 Å². The number of anilines is 1. The number of carbonyl (C=O) groups is 1. The lowest BCUT2D eigenvalue weighted by atomic mass is 9.91. The first kappa shape index (κ1) is 18.8. The Labute approximate surface area is 160 Å². The second kappa shape index (κ2) is 9.62. The number of amides is 1. The molecule has 27 heavy (non-hydrogen) atoms. The van der Waals surface area contributed by atoms with Crippen molar-refractivity contribution in [3.63, 3.8) is 0 Å². The van der Waals surface area contributed by atoms with E-state index in [1.807, 2.05) is 55.5 Å². The second-order valence-corrected chi connectivity index (χ2v) is 6.34. The van der Waals surface area contributed by atoms with Crippen LogP contribution in [0.1, 0.15) is 24.8 Å². The number of guanidine groups is 1. The Hall–Kier alpha value is -3.02. The Morgan fingerprint density at radius 3 is 2.74 bits per heavy atom. The molecule has 1 unspecified atom stereocenters. The van der Waals surface area contributed by atoms with Gasteiger partial charge in [0, 0.05) is 24.6 Å². The van der Waals surface area contributed by atoms with Crippen LogP contribution in [0.3, 0.4) is 0 Å². The number of hydrogen-bond acceptors (Lipinski definition) is 3. The van der Waals surface area contributed by atoms with E-state index in [1.54, 1.807) is 0 Å². The van der Waals surface area contributed by atoms with Crippen LogP contribution in [0.4, 0.5) is 5.69 Å². The van der Waals surface area contributed by atoms with Crippen LogP contribution < -0.4 is 20.7 Å². The van der Waals surface area contributed by atoms with E-state index in [4.69, 9.17) is 4.74 Å². The molecular formula is C21H26N4O2. The number of carbonyl (C=O) groups excluding carboxylic acids is 1. The van der Waals surface area contributed by atoms with E-state index in [-0.39, 0.29) is 11.8 Å². The monoisotopic (exact) mass is 366 g/mol. The first-order valence-corrected chi connectivity index (χ1v) is 9.35. The van der Waals surface area contributed by atoms with E-state index in [9.17, 15) is 4.79 Å². The molecule has 1 amide bonds. The predicted molar refractivity (Wildman–Crippen MR) is 108 cm³/mol. The lowest BCUT2D eigenvalue weighted by Gasteiger charge is -2.24. The molecule has 142 valence electrons. The minimum absolute atomic E-state index is 0.0446. The van der Waals surface area contributed by atoms with Crippen LogP contribution in [0.15, 0.2) is 59.6 Å². The summed E-state index contributed by atoms with van der Waals surface area (Å²) in [6.45, 7) is 4.54. The summed E-state index contributed by atoms with van der Waals surface area (Å²) in [6.07, 6.45) is 0.455. The molecule has 0 aliphatic carbocycles. The predicted octanol–water partition coefficient (Wildman–Crippen LogP) is 2.75. The standard InChI is InChI=1S/C21H26N4O2/c1-2-22-21(23-12-13-27-17-8-4-3-5-9-17)24-15-16-14-20(26)25-19-11-7-6-10-18(16)19/h3-11,16H,2,12-15H2,1H3,(H,25,26)(H2,22,23,24). The van der Waals surface area contributed by atoms with E-state index >= 15 is 0 Å². The highest BCUT2D eigenvalue weighted by molar-refractivity contribution is 5.94. The first-order valence-electron chi connectivity index (χ1n) is 9.35. The summed E-state index contributed by atoms with van der Waals surface area (Å²) >= 11 is 0. The molecule has 0 saturated heterocycles. The van der Waals surface area contributed by atoms with Crippen molar-refractivity contribution in [2.75, 3.05) is 31.6 Å². The van der Waals surface area contributed by atoms with Crippen LogP contribution in [-0.4, -0.2) is 38.1 Å². The van der Waals surface area contributed by atoms with Gasteiger partial charge in [-0.3, -0.25) is 9.79 Å². The summed E-state index contributed by atoms with van der Waals surface area (Å²) < 4.78 is 5.69. The van der Waals surface area contributed by atoms with Gasteiger partial charge in [-0.25, -0.2) is 0 Å². The molecule has 1 atom stereocenters. The van der Waals surface area contributed by atoms with Crippen LogP contribution in [0.2, 0.25) is 0 Å². The van der Waals surface area contributed by atoms with E-state index in [1.165, 1.54) is 0 Å². The number of nitrogens with zero attached hydrogens (tertiary/aromatic N) is 1. The Morgan fingerprint density at radius 1 is 1.15 bits per heavy atom. The van der Waals surface area contributed by atoms with Gasteiger partial charge >= 0.3 is 0 Å². The number of ether oxygens (including phenoxy) is 1. The van der Waals surface area contributed by atoms with Gasteiger partial charge in [0.1, 0.15) is 12.4 Å². The van der Waals surface area contributed by atoms with Crippen molar-refractivity contribution in [1.29, 1.82) is 0 Å². The third-order valence-electron chi connectivity index (χ3n) is 4.33. The number of benzene rings is 2. The summed E-state index contributed by atoms with van der Waals surface area (Å²) in [5.41, 5.74) is 2.03. The Bertz CT molecular complexity index is 777. The molecule has 3 rings (SSSR count). The minimum atomic E-state index is 0.0446. The molecule has 1 heterocycles. The number of nitrogens with one attached hydrogen (secondary N) is 3. The number of rotatable bonds is 7. The zero-order chi connectivity index (χ0) is 18.9. The fourth-order valence-corrected chi connectivity index (χ4v) is 3.06. The number of fused-ring (bicyclic) bond motifs is 1. The van der Waals surface area contributed by atoms with Crippen molar-refractivity contribution in [1.82, 2.24) is 10.6 Å². The summed E-state index contributed by atoms with van der Waals surface area (Å²) in [5, 5.41) is 9.44. The van der Waals surface area contributed by atoms with Crippen LogP contribution in [0.25, 0.3) is 0 Å². The average Bonchev–Trinajstić information content (AvgIpc) is 2.69. The smallest absolute Gasteiger partial charge is 0.225 e. The van der Waals surface area contributed by atoms with Gasteiger partial charge in [-0.05, 0) is 30.7 Å². The molecule has 0 aromatic heterocycles. The molecule has 0 fully saturated rings. The quantitative estimate of drug-likeness (QED) is 0.400. The lowest BCUT2D eigenvalue weighted by molar-refractivity contribution is -0.116. The normalized spacial score (nSPS) is 16.3. The van der Waals surface area contributed by atoms with Crippen LogP contribution in [-0.2, 0) is 4.79 Å². The van der Waals surface area contributed by atoms with Gasteiger partial charge in [-0.1, -0.05) is 36.4 Å². The van der Waals surface area contributed by atoms with Crippen LogP contribution in [0.5, 0.6) is 5.75 Å². The number of hydrogen-bond donors (Lipinski definition) is 3. The van der Waals surface area contributed by atoms with E-state index in [2.05, 4.69) is 27.0 Å². The fraction of sp³-hybridized carbons (Fsp3) is 0.333. The highest BCUT2D eigenvalue weighted by Crippen LogP contribution is 2.31. The van der Waals surface area contributed by atoms with Crippen molar-refractivity contribution in [2.24, 2.45) is 4.99 Å². The van der Waals surface area contributed by atoms with Gasteiger partial charge in [0.15, 0.2) is 5.96 Å². The molecule has 1 aliphatic rings. The largest absolute Gasteiger partial charge is 0.492 e. The summed E-state index contributed by atoms with van der Waals surface area (Å²) in [4.78, 5) is 16.6. The molecule has 6 heteroatoms. The number of para-hydroxylation sites is 2. The fourth-order valence-electron chi connectivity index (χ4n) is 3.06. The summed E-state index contributed by atoms with van der Waals surface area (Å²) in [6, 6.07) is 17.7. The van der Waals surface area contributed by atoms with Gasteiger partial charge in [0.25, 0.3) is 0 Å². The zero-order valence-corrected chi connectivity index (χ0v) is 15.6.